The summed E-state index contributed by atoms with van der Waals surface area (Å²) in [5, 5.41) is 11.0. The number of hydrogen-bond acceptors (Lipinski definition) is 4. The summed E-state index contributed by atoms with van der Waals surface area (Å²) >= 11 is 0. The zero-order valence-corrected chi connectivity index (χ0v) is 22.7. The molecule has 0 unspecified atom stereocenters. The summed E-state index contributed by atoms with van der Waals surface area (Å²) < 4.78 is 12.0. The maximum atomic E-state index is 11.0. The largest absolute Gasteiger partial charge is 0.390 e. The van der Waals surface area contributed by atoms with Crippen LogP contribution in [0.3, 0.4) is 0 Å². The molecule has 0 saturated carbocycles. The van der Waals surface area contributed by atoms with Gasteiger partial charge in [-0.1, -0.05) is 145 Å². The Bertz CT molecular complexity index is 740. The fraction of sp³-hybridized carbons (Fsp3) is 0.625. The van der Waals surface area contributed by atoms with E-state index < -0.39 is 12.2 Å². The van der Waals surface area contributed by atoms with Crippen LogP contribution in [0.2, 0.25) is 0 Å². The predicted octanol–water partition coefficient (Wildman–Crippen LogP) is 7.57. The highest BCUT2D eigenvalue weighted by atomic mass is 16.5. The maximum absolute atomic E-state index is 11.0. The van der Waals surface area contributed by atoms with Gasteiger partial charge in [0.25, 0.3) is 0 Å². The standard InChI is InChI=1S/C32H51NO3/c1-2-3-4-5-6-7-8-9-10-11-12-19-24-31(34)32(36-26-29-22-17-14-18-23-29)30(33)27-35-25-28-20-15-13-16-21-28/h13-18,20-23,30-32,34H,2-12,19,24-27,33H2,1H3/t30-,31+,32-/m0/s1. The monoisotopic (exact) mass is 497 g/mol. The molecule has 0 bridgehead atoms. The predicted molar refractivity (Wildman–Crippen MR) is 151 cm³/mol. The third-order valence-corrected chi connectivity index (χ3v) is 6.86. The van der Waals surface area contributed by atoms with Crippen molar-refractivity contribution in [3.8, 4) is 0 Å². The number of ether oxygens (including phenoxy) is 2. The number of rotatable bonds is 22. The Morgan fingerprint density at radius 1 is 0.667 bits per heavy atom. The van der Waals surface area contributed by atoms with Crippen LogP contribution in [0, 0.1) is 0 Å². The van der Waals surface area contributed by atoms with Crippen molar-refractivity contribution in [2.75, 3.05) is 6.61 Å². The van der Waals surface area contributed by atoms with Crippen LogP contribution in [0.5, 0.6) is 0 Å². The van der Waals surface area contributed by atoms with E-state index in [2.05, 4.69) is 6.92 Å². The van der Waals surface area contributed by atoms with Gasteiger partial charge in [-0.25, -0.2) is 0 Å². The van der Waals surface area contributed by atoms with Crippen molar-refractivity contribution in [3.05, 3.63) is 71.8 Å². The van der Waals surface area contributed by atoms with E-state index >= 15 is 0 Å². The van der Waals surface area contributed by atoms with Crippen LogP contribution in [0.1, 0.15) is 102 Å². The fourth-order valence-electron chi connectivity index (χ4n) is 4.63. The summed E-state index contributed by atoms with van der Waals surface area (Å²) in [5.41, 5.74) is 8.67. The highest BCUT2D eigenvalue weighted by Gasteiger charge is 2.27. The lowest BCUT2D eigenvalue weighted by molar-refractivity contribution is -0.0756. The van der Waals surface area contributed by atoms with Crippen LogP contribution in [0.4, 0.5) is 0 Å². The summed E-state index contributed by atoms with van der Waals surface area (Å²) in [6.45, 7) is 3.57. The summed E-state index contributed by atoms with van der Waals surface area (Å²) in [6, 6.07) is 19.8. The van der Waals surface area contributed by atoms with E-state index in [4.69, 9.17) is 15.2 Å². The van der Waals surface area contributed by atoms with Crippen LogP contribution in [0.15, 0.2) is 60.7 Å². The molecule has 0 fully saturated rings. The molecule has 2 aromatic carbocycles. The van der Waals surface area contributed by atoms with Crippen LogP contribution >= 0.6 is 0 Å². The van der Waals surface area contributed by atoms with Crippen molar-refractivity contribution < 1.29 is 14.6 Å². The molecule has 0 heterocycles. The van der Waals surface area contributed by atoms with E-state index in [-0.39, 0.29) is 6.04 Å². The van der Waals surface area contributed by atoms with Crippen molar-refractivity contribution in [3.63, 3.8) is 0 Å². The molecule has 0 aromatic heterocycles. The highest BCUT2D eigenvalue weighted by molar-refractivity contribution is 5.14. The molecule has 0 aliphatic carbocycles. The Kier molecular flexibility index (Phi) is 17.2. The molecule has 2 rings (SSSR count). The van der Waals surface area contributed by atoms with Gasteiger partial charge in [-0.15, -0.1) is 0 Å². The smallest absolute Gasteiger partial charge is 0.101 e. The number of benzene rings is 2. The lowest BCUT2D eigenvalue weighted by atomic mass is 9.99. The second-order valence-electron chi connectivity index (χ2n) is 10.2. The second kappa shape index (κ2) is 20.4. The van der Waals surface area contributed by atoms with Gasteiger partial charge < -0.3 is 20.3 Å². The van der Waals surface area contributed by atoms with E-state index in [1.54, 1.807) is 0 Å². The Morgan fingerprint density at radius 3 is 1.67 bits per heavy atom. The average Bonchev–Trinajstić information content (AvgIpc) is 2.90. The molecule has 3 N–H and O–H groups in total. The lowest BCUT2D eigenvalue weighted by Crippen LogP contribution is -2.47. The van der Waals surface area contributed by atoms with Gasteiger partial charge in [-0.2, -0.15) is 0 Å². The summed E-state index contributed by atoms with van der Waals surface area (Å²) in [5.74, 6) is 0. The third kappa shape index (κ3) is 14.1. The molecule has 2 aromatic rings. The molecule has 4 nitrogen and oxygen atoms in total. The minimum absolute atomic E-state index is 0.351. The number of nitrogens with two attached hydrogens (primary N) is 1. The van der Waals surface area contributed by atoms with Crippen LogP contribution in [-0.4, -0.2) is 30.0 Å². The van der Waals surface area contributed by atoms with Gasteiger partial charge in [-0.05, 0) is 17.5 Å². The molecule has 0 amide bonds. The van der Waals surface area contributed by atoms with Crippen LogP contribution in [-0.2, 0) is 22.7 Å². The van der Waals surface area contributed by atoms with E-state index in [9.17, 15) is 5.11 Å². The SMILES string of the molecule is CCCCCCCCCCCCCC[C@@H](O)[C@@H](OCc1ccccc1)[C@@H](N)COCc1ccccc1. The molecule has 0 saturated heterocycles. The number of aliphatic hydroxyl groups excluding tert-OH is 1. The molecule has 0 aliphatic heterocycles. The third-order valence-electron chi connectivity index (χ3n) is 6.86. The first-order valence-electron chi connectivity index (χ1n) is 14.4. The maximum Gasteiger partial charge on any atom is 0.101 e. The van der Waals surface area contributed by atoms with Gasteiger partial charge >= 0.3 is 0 Å². The summed E-state index contributed by atoms with van der Waals surface area (Å²) in [6.07, 6.45) is 15.3. The van der Waals surface area contributed by atoms with Crippen molar-refractivity contribution >= 4 is 0 Å². The first kappa shape index (κ1) is 30.5. The normalized spacial score (nSPS) is 14.0. The minimum Gasteiger partial charge on any atom is -0.390 e. The topological polar surface area (TPSA) is 64.7 Å². The van der Waals surface area contributed by atoms with Gasteiger partial charge in [0.05, 0.1) is 32.0 Å². The van der Waals surface area contributed by atoms with Gasteiger partial charge in [0.1, 0.15) is 6.10 Å². The Balaban J connectivity index is 1.67. The number of hydrogen-bond donors (Lipinski definition) is 2. The van der Waals surface area contributed by atoms with E-state index in [1.807, 2.05) is 60.7 Å². The minimum atomic E-state index is -0.591. The van der Waals surface area contributed by atoms with E-state index in [0.29, 0.717) is 26.2 Å². The summed E-state index contributed by atoms with van der Waals surface area (Å²) in [7, 11) is 0. The van der Waals surface area contributed by atoms with Gasteiger partial charge in [-0.3, -0.25) is 0 Å². The Labute approximate surface area is 220 Å². The fourth-order valence-corrected chi connectivity index (χ4v) is 4.63. The first-order chi connectivity index (χ1) is 17.7. The van der Waals surface area contributed by atoms with Gasteiger partial charge in [0.15, 0.2) is 0 Å². The van der Waals surface area contributed by atoms with Gasteiger partial charge in [0.2, 0.25) is 0 Å². The molecular weight excluding hydrogens is 446 g/mol. The molecule has 0 spiro atoms. The van der Waals surface area contributed by atoms with Crippen molar-refractivity contribution in [2.45, 2.75) is 122 Å². The molecule has 0 aliphatic rings. The zero-order chi connectivity index (χ0) is 25.7. The summed E-state index contributed by atoms with van der Waals surface area (Å²) in [4.78, 5) is 0. The lowest BCUT2D eigenvalue weighted by Gasteiger charge is -2.29. The Hall–Kier alpha value is -1.72. The van der Waals surface area contributed by atoms with Gasteiger partial charge in [0, 0.05) is 0 Å². The second-order valence-corrected chi connectivity index (χ2v) is 10.2. The molecular formula is C32H51NO3. The zero-order valence-electron chi connectivity index (χ0n) is 22.7. The number of aliphatic hydroxyl groups is 1. The van der Waals surface area contributed by atoms with Crippen molar-refractivity contribution in [1.29, 1.82) is 0 Å². The molecule has 202 valence electrons. The molecule has 36 heavy (non-hydrogen) atoms. The molecule has 4 heteroatoms. The molecule has 3 atom stereocenters. The Morgan fingerprint density at radius 2 is 1.14 bits per heavy atom. The van der Waals surface area contributed by atoms with E-state index in [1.165, 1.54) is 64.2 Å². The van der Waals surface area contributed by atoms with Crippen LogP contribution in [0.25, 0.3) is 0 Å². The van der Waals surface area contributed by atoms with E-state index in [0.717, 1.165) is 24.0 Å². The number of unbranched alkanes of at least 4 members (excludes halogenated alkanes) is 11. The molecule has 0 radical (unpaired) electrons. The average molecular weight is 498 g/mol. The van der Waals surface area contributed by atoms with Crippen molar-refractivity contribution in [2.24, 2.45) is 5.73 Å². The van der Waals surface area contributed by atoms with Crippen LogP contribution < -0.4 is 5.73 Å². The van der Waals surface area contributed by atoms with Crippen molar-refractivity contribution in [1.82, 2.24) is 0 Å². The highest BCUT2D eigenvalue weighted by Crippen LogP contribution is 2.17. The first-order valence-corrected chi connectivity index (χ1v) is 14.4. The quantitative estimate of drug-likeness (QED) is 0.165.